The Morgan fingerprint density at radius 2 is 2.13 bits per heavy atom. The van der Waals surface area contributed by atoms with Gasteiger partial charge in [-0.3, -0.25) is 19.2 Å². The number of nitrogens with two attached hydrogens (primary N) is 1. The van der Waals surface area contributed by atoms with E-state index in [1.54, 1.807) is 12.1 Å². The zero-order chi connectivity index (χ0) is 22.2. The Morgan fingerprint density at radius 3 is 2.73 bits per heavy atom. The largest absolute Gasteiger partial charge is 0.477 e. The monoisotopic (exact) mass is 452 g/mol. The maximum Gasteiger partial charge on any atom is 0.352 e. The van der Waals surface area contributed by atoms with Crippen LogP contribution in [-0.4, -0.2) is 59.6 Å². The number of nitrogens with one attached hydrogen (secondary N) is 2. The number of benzene rings is 1. The van der Waals surface area contributed by atoms with Gasteiger partial charge < -0.3 is 16.2 Å². The molecular formula is C18H20N4O6S2. The fourth-order valence-electron chi connectivity index (χ4n) is 3.20. The molecule has 0 spiro atoms. The van der Waals surface area contributed by atoms with E-state index in [0.717, 1.165) is 11.2 Å². The number of anilines is 1. The summed E-state index contributed by atoms with van der Waals surface area (Å²) in [6.07, 6.45) is 2.40. The molecule has 12 heteroatoms. The van der Waals surface area contributed by atoms with Crippen LogP contribution in [0.4, 0.5) is 5.69 Å². The number of hydrogen-bond donors (Lipinski definition) is 4. The van der Waals surface area contributed by atoms with E-state index in [4.69, 9.17) is 5.73 Å². The lowest BCUT2D eigenvalue weighted by Gasteiger charge is -2.49. The molecule has 0 saturated carbocycles. The van der Waals surface area contributed by atoms with Gasteiger partial charge in [-0.1, -0.05) is 24.8 Å². The number of fused-ring (bicyclic) bond motifs is 1. The van der Waals surface area contributed by atoms with Crippen LogP contribution in [0.3, 0.4) is 0 Å². The van der Waals surface area contributed by atoms with E-state index in [-0.39, 0.29) is 11.4 Å². The van der Waals surface area contributed by atoms with Gasteiger partial charge in [-0.25, -0.2) is 13.2 Å². The predicted molar refractivity (Wildman–Crippen MR) is 112 cm³/mol. The van der Waals surface area contributed by atoms with Crippen molar-refractivity contribution < 1.29 is 27.9 Å². The van der Waals surface area contributed by atoms with E-state index >= 15 is 0 Å². The van der Waals surface area contributed by atoms with Crippen molar-refractivity contribution in [1.82, 2.24) is 10.2 Å². The summed E-state index contributed by atoms with van der Waals surface area (Å²) in [5.74, 6) is -2.07. The number of carboxylic acid groups (broad SMARTS) is 1. The molecule has 2 heterocycles. The SMILES string of the molecule is C=CC1=C(C(=O)O)N2C(=O)C(NC(=O)C(N)c3cccc(NS(C)(=O)=O)c3)[C@H]2SC1. The van der Waals surface area contributed by atoms with E-state index in [1.807, 2.05) is 0 Å². The second-order valence-electron chi connectivity index (χ2n) is 6.76. The molecule has 0 bridgehead atoms. The third kappa shape index (κ3) is 4.20. The van der Waals surface area contributed by atoms with Crippen LogP contribution in [0.5, 0.6) is 0 Å². The average molecular weight is 453 g/mol. The van der Waals surface area contributed by atoms with Gasteiger partial charge in [0.15, 0.2) is 0 Å². The molecule has 1 aromatic carbocycles. The average Bonchev–Trinajstić information content (AvgIpc) is 2.68. The standard InChI is InChI=1S/C18H20N4O6S2/c1-3-9-8-29-17-13(16(24)22(17)14(9)18(25)26)20-15(23)12(19)10-5-4-6-11(7-10)21-30(2,27)28/h3-7,12-13,17,21H,1,8,19H2,2H3,(H,20,23)(H,25,26)/t12?,13?,17-/m1/s1. The smallest absolute Gasteiger partial charge is 0.352 e. The summed E-state index contributed by atoms with van der Waals surface area (Å²) in [6.45, 7) is 3.58. The number of β-lactam (4-membered cyclic amide) rings is 1. The second-order valence-corrected chi connectivity index (χ2v) is 9.61. The first-order valence-corrected chi connectivity index (χ1v) is 11.6. The number of sulfonamides is 1. The molecule has 3 rings (SSSR count). The highest BCUT2D eigenvalue weighted by atomic mass is 32.2. The molecule has 1 saturated heterocycles. The molecule has 0 aliphatic carbocycles. The minimum absolute atomic E-state index is 0.131. The van der Waals surface area contributed by atoms with Gasteiger partial charge in [-0.15, -0.1) is 11.8 Å². The van der Waals surface area contributed by atoms with Crippen LogP contribution >= 0.6 is 11.8 Å². The Labute approximate surface area is 177 Å². The van der Waals surface area contributed by atoms with Crippen LogP contribution < -0.4 is 15.8 Å². The Balaban J connectivity index is 1.73. The second kappa shape index (κ2) is 8.13. The van der Waals surface area contributed by atoms with Crippen LogP contribution in [0.1, 0.15) is 11.6 Å². The zero-order valence-corrected chi connectivity index (χ0v) is 17.5. The van der Waals surface area contributed by atoms with Gasteiger partial charge in [0.2, 0.25) is 15.9 Å². The molecule has 10 nitrogen and oxygen atoms in total. The number of allylic oxidation sites excluding steroid dienone is 1. The van der Waals surface area contributed by atoms with Crippen molar-refractivity contribution >= 4 is 45.3 Å². The molecule has 160 valence electrons. The molecular weight excluding hydrogens is 432 g/mol. The van der Waals surface area contributed by atoms with Crippen LogP contribution in [0.15, 0.2) is 48.2 Å². The van der Waals surface area contributed by atoms with Gasteiger partial charge in [0.1, 0.15) is 23.2 Å². The maximum absolute atomic E-state index is 12.6. The van der Waals surface area contributed by atoms with Gasteiger partial charge in [0, 0.05) is 11.4 Å². The predicted octanol–water partition coefficient (Wildman–Crippen LogP) is -0.0175. The molecule has 0 radical (unpaired) electrons. The lowest BCUT2D eigenvalue weighted by molar-refractivity contribution is -0.150. The lowest BCUT2D eigenvalue weighted by atomic mass is 10.0. The quantitative estimate of drug-likeness (QED) is 0.420. The first kappa shape index (κ1) is 21.9. The van der Waals surface area contributed by atoms with E-state index in [1.165, 1.54) is 30.0 Å². The number of rotatable bonds is 7. The van der Waals surface area contributed by atoms with Gasteiger partial charge in [0.05, 0.1) is 6.26 Å². The Hall–Kier alpha value is -2.83. The third-order valence-electron chi connectivity index (χ3n) is 4.58. The van der Waals surface area contributed by atoms with E-state index < -0.39 is 45.3 Å². The van der Waals surface area contributed by atoms with E-state index in [9.17, 15) is 27.9 Å². The highest BCUT2D eigenvalue weighted by Gasteiger charge is 2.54. The summed E-state index contributed by atoms with van der Waals surface area (Å²) in [4.78, 5) is 37.8. The van der Waals surface area contributed by atoms with Crippen molar-refractivity contribution in [2.45, 2.75) is 17.5 Å². The van der Waals surface area contributed by atoms with Crippen molar-refractivity contribution in [3.63, 3.8) is 0 Å². The summed E-state index contributed by atoms with van der Waals surface area (Å²) in [7, 11) is -3.50. The normalized spacial score (nSPS) is 21.9. The minimum atomic E-state index is -3.50. The molecule has 3 atom stereocenters. The van der Waals surface area contributed by atoms with Crippen molar-refractivity contribution in [3.8, 4) is 0 Å². The summed E-state index contributed by atoms with van der Waals surface area (Å²) >= 11 is 1.32. The van der Waals surface area contributed by atoms with Crippen molar-refractivity contribution in [3.05, 3.63) is 53.8 Å². The molecule has 2 aliphatic heterocycles. The van der Waals surface area contributed by atoms with Crippen molar-refractivity contribution in [2.75, 3.05) is 16.7 Å². The molecule has 30 heavy (non-hydrogen) atoms. The van der Waals surface area contributed by atoms with E-state index in [0.29, 0.717) is 16.9 Å². The number of thioether (sulfide) groups is 1. The lowest BCUT2D eigenvalue weighted by Crippen LogP contribution is -2.71. The fourth-order valence-corrected chi connectivity index (χ4v) is 5.10. The summed E-state index contributed by atoms with van der Waals surface area (Å²) in [5.41, 5.74) is 6.90. The Bertz CT molecular complexity index is 1070. The summed E-state index contributed by atoms with van der Waals surface area (Å²) < 4.78 is 25.1. The number of carbonyl (C=O) groups is 3. The molecule has 1 fully saturated rings. The Morgan fingerprint density at radius 1 is 1.43 bits per heavy atom. The molecule has 1 aromatic rings. The molecule has 0 aromatic heterocycles. The van der Waals surface area contributed by atoms with Gasteiger partial charge in [-0.05, 0) is 23.3 Å². The Kier molecular flexibility index (Phi) is 5.92. The number of carboxylic acids is 1. The number of hydrogen-bond acceptors (Lipinski definition) is 7. The highest BCUT2D eigenvalue weighted by Crippen LogP contribution is 2.40. The minimum Gasteiger partial charge on any atom is -0.477 e. The fraction of sp³-hybridized carbons (Fsp3) is 0.278. The van der Waals surface area contributed by atoms with Crippen LogP contribution in [0.2, 0.25) is 0 Å². The van der Waals surface area contributed by atoms with Gasteiger partial charge in [-0.2, -0.15) is 0 Å². The highest BCUT2D eigenvalue weighted by molar-refractivity contribution is 8.00. The van der Waals surface area contributed by atoms with Crippen molar-refractivity contribution in [1.29, 1.82) is 0 Å². The van der Waals surface area contributed by atoms with E-state index in [2.05, 4.69) is 16.6 Å². The van der Waals surface area contributed by atoms with Crippen molar-refractivity contribution in [2.24, 2.45) is 5.73 Å². The summed E-state index contributed by atoms with van der Waals surface area (Å²) in [5, 5.41) is 11.4. The summed E-state index contributed by atoms with van der Waals surface area (Å²) in [6, 6.07) is 3.98. The van der Waals surface area contributed by atoms with Crippen LogP contribution in [-0.2, 0) is 24.4 Å². The maximum atomic E-state index is 12.6. The topological polar surface area (TPSA) is 159 Å². The molecule has 2 unspecified atom stereocenters. The number of nitrogens with zero attached hydrogens (tertiary/aromatic N) is 1. The van der Waals surface area contributed by atoms with Crippen LogP contribution in [0.25, 0.3) is 0 Å². The first-order valence-electron chi connectivity index (χ1n) is 8.70. The molecule has 2 amide bonds. The zero-order valence-electron chi connectivity index (χ0n) is 15.9. The molecule has 5 N–H and O–H groups in total. The number of aliphatic carboxylic acids is 1. The van der Waals surface area contributed by atoms with Crippen LogP contribution in [0, 0.1) is 0 Å². The number of carbonyl (C=O) groups excluding carboxylic acids is 2. The molecule has 2 aliphatic rings. The third-order valence-corrected chi connectivity index (χ3v) is 6.48. The van der Waals surface area contributed by atoms with Gasteiger partial charge >= 0.3 is 5.97 Å². The number of amides is 2. The van der Waals surface area contributed by atoms with Gasteiger partial charge in [0.25, 0.3) is 5.91 Å². The first-order chi connectivity index (χ1) is 14.0.